The van der Waals surface area contributed by atoms with Crippen molar-refractivity contribution in [1.29, 1.82) is 0 Å². The van der Waals surface area contributed by atoms with Gasteiger partial charge in [0.1, 0.15) is 10.9 Å². The maximum atomic E-state index is 13.2. The summed E-state index contributed by atoms with van der Waals surface area (Å²) in [7, 11) is 3.10. The van der Waals surface area contributed by atoms with Crippen molar-refractivity contribution in [2.75, 3.05) is 14.2 Å². The second-order valence-corrected chi connectivity index (χ2v) is 10.1. The summed E-state index contributed by atoms with van der Waals surface area (Å²) in [6.45, 7) is 3.89. The van der Waals surface area contributed by atoms with Gasteiger partial charge in [-0.05, 0) is 71.3 Å². The van der Waals surface area contributed by atoms with E-state index in [1.165, 1.54) is 22.0 Å². The number of rotatable bonds is 6. The Bertz CT molecular complexity index is 1300. The zero-order valence-electron chi connectivity index (χ0n) is 18.8. The molecule has 4 rings (SSSR count). The zero-order chi connectivity index (χ0) is 23.7. The van der Waals surface area contributed by atoms with Crippen LogP contribution in [0.5, 0.6) is 11.5 Å². The molecule has 1 aromatic carbocycles. The van der Waals surface area contributed by atoms with Gasteiger partial charge in [-0.2, -0.15) is 5.10 Å². The van der Waals surface area contributed by atoms with E-state index in [-0.39, 0.29) is 5.56 Å². The molecule has 2 heterocycles. The van der Waals surface area contributed by atoms with Gasteiger partial charge in [0.2, 0.25) is 0 Å². The van der Waals surface area contributed by atoms with Crippen molar-refractivity contribution in [3.63, 3.8) is 0 Å². The Balaban J connectivity index is 1.54. The van der Waals surface area contributed by atoms with Crippen molar-refractivity contribution in [2.24, 2.45) is 11.0 Å². The highest BCUT2D eigenvalue weighted by molar-refractivity contribution is 9.10. The van der Waals surface area contributed by atoms with Gasteiger partial charge in [0, 0.05) is 4.88 Å². The third-order valence-electron chi connectivity index (χ3n) is 5.88. The quantitative estimate of drug-likeness (QED) is 0.381. The lowest BCUT2D eigenvalue weighted by Gasteiger charge is -2.18. The third-order valence-corrected chi connectivity index (χ3v) is 7.63. The number of nitrogens with one attached hydrogen (secondary N) is 1. The number of ether oxygens (including phenoxy) is 2. The molecule has 1 amide bonds. The minimum absolute atomic E-state index is 0.178. The van der Waals surface area contributed by atoms with Gasteiger partial charge in [-0.15, -0.1) is 11.3 Å². The molecule has 174 valence electrons. The first-order valence-electron chi connectivity index (χ1n) is 10.6. The maximum Gasteiger partial charge on any atom is 0.263 e. The average molecular weight is 533 g/mol. The number of benzene rings is 1. The number of carbonyl (C=O) groups is 1. The van der Waals surface area contributed by atoms with Crippen LogP contribution in [0.3, 0.4) is 0 Å². The summed E-state index contributed by atoms with van der Waals surface area (Å²) in [5, 5.41) is 4.70. The first-order valence-corrected chi connectivity index (χ1v) is 12.2. The van der Waals surface area contributed by atoms with Crippen LogP contribution in [0.2, 0.25) is 0 Å². The predicted molar refractivity (Wildman–Crippen MR) is 133 cm³/mol. The van der Waals surface area contributed by atoms with Crippen molar-refractivity contribution in [3.8, 4) is 11.5 Å². The van der Waals surface area contributed by atoms with Gasteiger partial charge < -0.3 is 9.47 Å². The summed E-state index contributed by atoms with van der Waals surface area (Å²) in [6, 6.07) is 2.77. The highest BCUT2D eigenvalue weighted by Gasteiger charge is 2.25. The molecule has 0 aliphatic heterocycles. The van der Waals surface area contributed by atoms with Crippen molar-refractivity contribution < 1.29 is 14.3 Å². The van der Waals surface area contributed by atoms with E-state index in [4.69, 9.17) is 9.47 Å². The van der Waals surface area contributed by atoms with E-state index in [2.05, 4.69) is 38.4 Å². The maximum absolute atomic E-state index is 13.2. The molecule has 0 unspecified atom stereocenters. The lowest BCUT2D eigenvalue weighted by molar-refractivity contribution is -0.123. The lowest BCUT2D eigenvalue weighted by atomic mass is 9.89. The highest BCUT2D eigenvalue weighted by atomic mass is 79.9. The molecule has 2 aromatic heterocycles. The van der Waals surface area contributed by atoms with Crippen LogP contribution in [-0.2, 0) is 17.6 Å². The number of hydrogen-bond acceptors (Lipinski definition) is 7. The van der Waals surface area contributed by atoms with Gasteiger partial charge >= 0.3 is 0 Å². The van der Waals surface area contributed by atoms with Crippen LogP contribution in [0.1, 0.15) is 42.3 Å². The first kappa shape index (κ1) is 23.4. The molecule has 8 nitrogen and oxygen atoms in total. The van der Waals surface area contributed by atoms with Crippen molar-refractivity contribution in [1.82, 2.24) is 15.0 Å². The van der Waals surface area contributed by atoms with Crippen molar-refractivity contribution in [3.05, 3.63) is 49.3 Å². The summed E-state index contributed by atoms with van der Waals surface area (Å²) in [4.78, 5) is 32.4. The number of hydrazone groups is 1. The second kappa shape index (κ2) is 9.64. The van der Waals surface area contributed by atoms with E-state index in [9.17, 15) is 9.59 Å². The molecule has 1 N–H and O–H groups in total. The smallest absolute Gasteiger partial charge is 0.263 e. The molecule has 10 heteroatoms. The van der Waals surface area contributed by atoms with Gasteiger partial charge in [-0.1, -0.05) is 6.92 Å². The Morgan fingerprint density at radius 1 is 1.39 bits per heavy atom. The van der Waals surface area contributed by atoms with Gasteiger partial charge in [0.05, 0.1) is 36.6 Å². The summed E-state index contributed by atoms with van der Waals surface area (Å²) in [5.74, 6) is 1.31. The van der Waals surface area contributed by atoms with Gasteiger partial charge in [0.25, 0.3) is 11.5 Å². The monoisotopic (exact) mass is 532 g/mol. The van der Waals surface area contributed by atoms with Crippen molar-refractivity contribution in [2.45, 2.75) is 39.2 Å². The number of hydrogen-bond donors (Lipinski definition) is 1. The first-order chi connectivity index (χ1) is 15.8. The molecule has 0 radical (unpaired) electrons. The van der Waals surface area contributed by atoms with Gasteiger partial charge in [0.15, 0.2) is 11.5 Å². The van der Waals surface area contributed by atoms with E-state index < -0.39 is 11.9 Å². The number of fused-ring (bicyclic) bond motifs is 3. The van der Waals surface area contributed by atoms with Crippen LogP contribution < -0.4 is 20.5 Å². The number of nitrogens with zero attached hydrogens (tertiary/aromatic N) is 3. The number of carbonyl (C=O) groups excluding carboxylic acids is 1. The fourth-order valence-electron chi connectivity index (χ4n) is 4.02. The van der Waals surface area contributed by atoms with E-state index in [1.54, 1.807) is 44.6 Å². The van der Waals surface area contributed by atoms with Crippen LogP contribution in [0.25, 0.3) is 10.2 Å². The average Bonchev–Trinajstić information content (AvgIpc) is 3.16. The number of aryl methyl sites for hydroxylation is 1. The molecule has 2 atom stereocenters. The molecule has 0 spiro atoms. The highest BCUT2D eigenvalue weighted by Crippen LogP contribution is 2.36. The summed E-state index contributed by atoms with van der Waals surface area (Å²) >= 11 is 5.02. The Morgan fingerprint density at radius 2 is 2.18 bits per heavy atom. The largest absolute Gasteiger partial charge is 0.493 e. The zero-order valence-corrected chi connectivity index (χ0v) is 21.2. The minimum atomic E-state index is -0.762. The number of thiophene rings is 1. The van der Waals surface area contributed by atoms with Crippen LogP contribution in [0, 0.1) is 5.92 Å². The SMILES string of the molecule is COc1cc(/C=N\NC(=O)[C@@H](C)n2cnc3sc4c(c3c2=O)CC[C@H](C)C4)cc(Br)c1OC. The number of amides is 1. The van der Waals surface area contributed by atoms with Crippen molar-refractivity contribution >= 4 is 49.6 Å². The Labute approximate surface area is 203 Å². The van der Waals surface area contributed by atoms with E-state index in [0.29, 0.717) is 32.8 Å². The van der Waals surface area contributed by atoms with Gasteiger partial charge in [-0.25, -0.2) is 10.4 Å². The molecule has 3 aromatic rings. The molecule has 1 aliphatic carbocycles. The van der Waals surface area contributed by atoms with Crippen LogP contribution in [0.4, 0.5) is 0 Å². The van der Waals surface area contributed by atoms with E-state index in [0.717, 1.165) is 29.7 Å². The normalized spacial score (nSPS) is 16.6. The van der Waals surface area contributed by atoms with E-state index >= 15 is 0 Å². The summed E-state index contributed by atoms with van der Waals surface area (Å²) in [5.41, 5.74) is 4.13. The van der Waals surface area contributed by atoms with Gasteiger partial charge in [-0.3, -0.25) is 14.2 Å². The Morgan fingerprint density at radius 3 is 2.91 bits per heavy atom. The third kappa shape index (κ3) is 4.54. The molecule has 0 bridgehead atoms. The Kier molecular flexibility index (Phi) is 6.85. The fourth-order valence-corrected chi connectivity index (χ4v) is 5.99. The van der Waals surface area contributed by atoms with E-state index in [1.807, 2.05) is 0 Å². The standard InChI is InChI=1S/C23H25BrN4O4S/c1-12-5-6-15-18(7-12)33-22-19(15)23(30)28(11-25-22)13(2)21(29)27-26-10-14-8-16(24)20(32-4)17(9-14)31-3/h8-13H,5-7H2,1-4H3,(H,27,29)/b26-10-/t12-,13+/m0/s1. The lowest BCUT2D eigenvalue weighted by Crippen LogP contribution is -2.34. The number of methoxy groups -OCH3 is 2. The minimum Gasteiger partial charge on any atom is -0.493 e. The number of halogens is 1. The molecular weight excluding hydrogens is 508 g/mol. The molecule has 0 fully saturated rings. The van der Waals surface area contributed by atoms with Crippen LogP contribution in [0.15, 0.2) is 32.8 Å². The second-order valence-electron chi connectivity index (χ2n) is 8.14. The molecular formula is C23H25BrN4O4S. The topological polar surface area (TPSA) is 94.8 Å². The summed E-state index contributed by atoms with van der Waals surface area (Å²) in [6.07, 6.45) is 5.87. The molecule has 1 aliphatic rings. The molecule has 0 saturated carbocycles. The number of aromatic nitrogens is 2. The Hall–Kier alpha value is -2.72. The predicted octanol–water partition coefficient (Wildman–Crippen LogP) is 4.07. The molecule has 0 saturated heterocycles. The van der Waals surface area contributed by atoms with Crippen LogP contribution in [-0.4, -0.2) is 35.9 Å². The molecule has 33 heavy (non-hydrogen) atoms. The fraction of sp³-hybridized carbons (Fsp3) is 0.391. The summed E-state index contributed by atoms with van der Waals surface area (Å²) < 4.78 is 12.7. The van der Waals surface area contributed by atoms with Crippen LogP contribution >= 0.6 is 27.3 Å².